The molecule has 0 saturated carbocycles. The molecule has 178 valence electrons. The van der Waals surface area contributed by atoms with Crippen molar-refractivity contribution in [1.82, 2.24) is 0 Å². The number of unbranched alkanes of at least 4 members (excludes halogenated alkanes) is 14. The van der Waals surface area contributed by atoms with Crippen molar-refractivity contribution in [3.05, 3.63) is 0 Å². The van der Waals surface area contributed by atoms with Crippen LogP contribution in [-0.2, 0) is 9.59 Å². The number of hydrogen-bond acceptors (Lipinski definition) is 2. The first-order valence-corrected chi connectivity index (χ1v) is 12.9. The summed E-state index contributed by atoms with van der Waals surface area (Å²) in [6.45, 7) is 6.27. The Morgan fingerprint density at radius 2 is 1.03 bits per heavy atom. The largest absolute Gasteiger partial charge is 0.481 e. The van der Waals surface area contributed by atoms with E-state index in [0.717, 1.165) is 38.5 Å². The van der Waals surface area contributed by atoms with Crippen LogP contribution in [0.4, 0.5) is 0 Å². The van der Waals surface area contributed by atoms with Crippen LogP contribution < -0.4 is 0 Å². The summed E-state index contributed by atoms with van der Waals surface area (Å²) in [6, 6.07) is 0. The van der Waals surface area contributed by atoms with Crippen LogP contribution in [0.1, 0.15) is 143 Å². The molecule has 0 spiro atoms. The Bertz CT molecular complexity index is 435. The average molecular weight is 427 g/mol. The summed E-state index contributed by atoms with van der Waals surface area (Å²) in [6.07, 6.45) is 19.8. The molecule has 0 fully saturated rings. The summed E-state index contributed by atoms with van der Waals surface area (Å²) in [5, 5.41) is 19.9. The van der Waals surface area contributed by atoms with E-state index < -0.39 is 23.3 Å². The van der Waals surface area contributed by atoms with Crippen LogP contribution in [-0.4, -0.2) is 22.2 Å². The van der Waals surface area contributed by atoms with E-state index in [1.165, 1.54) is 64.2 Å². The number of hydrogen-bond donors (Lipinski definition) is 2. The Morgan fingerprint density at radius 3 is 1.40 bits per heavy atom. The van der Waals surface area contributed by atoms with Crippen molar-refractivity contribution in [3.63, 3.8) is 0 Å². The lowest BCUT2D eigenvalue weighted by Crippen LogP contribution is -2.42. The number of carbonyl (C=O) groups is 2. The summed E-state index contributed by atoms with van der Waals surface area (Å²) in [5.74, 6) is -2.62. The van der Waals surface area contributed by atoms with Crippen LogP contribution in [0, 0.1) is 11.3 Å². The van der Waals surface area contributed by atoms with Gasteiger partial charge in [0.25, 0.3) is 0 Å². The summed E-state index contributed by atoms with van der Waals surface area (Å²) in [5.41, 5.74) is -1.12. The first kappa shape index (κ1) is 28.9. The molecule has 0 aromatic heterocycles. The third kappa shape index (κ3) is 12.0. The van der Waals surface area contributed by atoms with Gasteiger partial charge in [-0.25, -0.2) is 0 Å². The van der Waals surface area contributed by atoms with Gasteiger partial charge in [-0.15, -0.1) is 0 Å². The lowest BCUT2D eigenvalue weighted by molar-refractivity contribution is -0.164. The molecule has 0 rings (SSSR count). The molecule has 0 radical (unpaired) electrons. The molecule has 0 heterocycles. The Hall–Kier alpha value is -1.06. The zero-order valence-electron chi connectivity index (χ0n) is 20.2. The molecule has 0 aliphatic rings. The topological polar surface area (TPSA) is 74.6 Å². The van der Waals surface area contributed by atoms with E-state index in [1.807, 2.05) is 6.92 Å². The minimum atomic E-state index is -1.12. The third-order valence-electron chi connectivity index (χ3n) is 6.84. The van der Waals surface area contributed by atoms with Crippen LogP contribution in [0.15, 0.2) is 0 Å². The highest BCUT2D eigenvalue weighted by atomic mass is 16.4. The lowest BCUT2D eigenvalue weighted by Gasteiger charge is -2.34. The quantitative estimate of drug-likeness (QED) is 0.171. The van der Waals surface area contributed by atoms with Gasteiger partial charge >= 0.3 is 11.9 Å². The molecule has 0 bridgehead atoms. The standard InChI is InChI=1S/C26H50O4/c1-4-7-9-11-13-15-17-19-21-23(24(27)28)26(6-3,25(29)30)22-20-18-16-14-12-10-8-5-2/h23H,4-22H2,1-3H3,(H,27,28)(H,29,30). The smallest absolute Gasteiger partial charge is 0.310 e. The third-order valence-corrected chi connectivity index (χ3v) is 6.84. The highest BCUT2D eigenvalue weighted by Gasteiger charge is 2.47. The van der Waals surface area contributed by atoms with E-state index in [4.69, 9.17) is 0 Å². The van der Waals surface area contributed by atoms with Crippen LogP contribution in [0.5, 0.6) is 0 Å². The number of carboxylic acids is 2. The number of rotatable bonds is 22. The van der Waals surface area contributed by atoms with Crippen molar-refractivity contribution < 1.29 is 19.8 Å². The van der Waals surface area contributed by atoms with Crippen molar-refractivity contribution in [1.29, 1.82) is 0 Å². The summed E-state index contributed by atoms with van der Waals surface area (Å²) >= 11 is 0. The van der Waals surface area contributed by atoms with Gasteiger partial charge < -0.3 is 10.2 Å². The van der Waals surface area contributed by atoms with E-state index in [0.29, 0.717) is 19.3 Å². The molecule has 2 atom stereocenters. The average Bonchev–Trinajstić information content (AvgIpc) is 2.72. The minimum absolute atomic E-state index is 0.396. The molecule has 4 nitrogen and oxygen atoms in total. The van der Waals surface area contributed by atoms with Crippen molar-refractivity contribution in [2.45, 2.75) is 143 Å². The van der Waals surface area contributed by atoms with Crippen molar-refractivity contribution >= 4 is 11.9 Å². The van der Waals surface area contributed by atoms with Gasteiger partial charge in [-0.2, -0.15) is 0 Å². The maximum absolute atomic E-state index is 12.2. The van der Waals surface area contributed by atoms with Gasteiger partial charge in [0.1, 0.15) is 0 Å². The van der Waals surface area contributed by atoms with Gasteiger partial charge in [-0.1, -0.05) is 124 Å². The monoisotopic (exact) mass is 426 g/mol. The second kappa shape index (κ2) is 18.7. The molecule has 2 N–H and O–H groups in total. The van der Waals surface area contributed by atoms with Crippen LogP contribution in [0.3, 0.4) is 0 Å². The molecule has 2 unspecified atom stereocenters. The van der Waals surface area contributed by atoms with Gasteiger partial charge in [-0.05, 0) is 19.3 Å². The normalized spacial score (nSPS) is 14.4. The fourth-order valence-corrected chi connectivity index (χ4v) is 4.70. The van der Waals surface area contributed by atoms with Crippen molar-refractivity contribution in [2.75, 3.05) is 0 Å². The fourth-order valence-electron chi connectivity index (χ4n) is 4.70. The maximum atomic E-state index is 12.2. The second-order valence-corrected chi connectivity index (χ2v) is 9.19. The highest BCUT2D eigenvalue weighted by Crippen LogP contribution is 2.41. The fraction of sp³-hybridized carbons (Fsp3) is 0.923. The summed E-state index contributed by atoms with van der Waals surface area (Å²) in [7, 11) is 0. The van der Waals surface area contributed by atoms with E-state index >= 15 is 0 Å². The van der Waals surface area contributed by atoms with Gasteiger partial charge in [0.2, 0.25) is 0 Å². The molecular formula is C26H50O4. The first-order valence-electron chi connectivity index (χ1n) is 12.9. The number of carboxylic acid groups (broad SMARTS) is 2. The van der Waals surface area contributed by atoms with E-state index in [-0.39, 0.29) is 0 Å². The van der Waals surface area contributed by atoms with Crippen molar-refractivity contribution in [2.24, 2.45) is 11.3 Å². The molecule has 0 aliphatic carbocycles. The van der Waals surface area contributed by atoms with E-state index in [9.17, 15) is 19.8 Å². The van der Waals surface area contributed by atoms with Crippen LogP contribution in [0.25, 0.3) is 0 Å². The van der Waals surface area contributed by atoms with E-state index in [1.54, 1.807) is 0 Å². The highest BCUT2D eigenvalue weighted by molar-refractivity contribution is 5.83. The Labute approximate surface area is 186 Å². The SMILES string of the molecule is CCCCCCCCCCC(C(=O)O)C(CC)(CCCCCCCCCC)C(=O)O. The van der Waals surface area contributed by atoms with Gasteiger partial charge in [0.15, 0.2) is 0 Å². The molecule has 0 saturated heterocycles. The Morgan fingerprint density at radius 1 is 0.633 bits per heavy atom. The predicted octanol–water partition coefficient (Wildman–Crippen LogP) is 8.23. The second-order valence-electron chi connectivity index (χ2n) is 9.19. The predicted molar refractivity (Wildman–Crippen MR) is 126 cm³/mol. The molecule has 30 heavy (non-hydrogen) atoms. The zero-order valence-corrected chi connectivity index (χ0v) is 20.2. The van der Waals surface area contributed by atoms with Crippen LogP contribution >= 0.6 is 0 Å². The van der Waals surface area contributed by atoms with Gasteiger partial charge in [0, 0.05) is 0 Å². The van der Waals surface area contributed by atoms with Gasteiger partial charge in [0.05, 0.1) is 11.3 Å². The van der Waals surface area contributed by atoms with E-state index in [2.05, 4.69) is 13.8 Å². The molecule has 0 aromatic carbocycles. The first-order chi connectivity index (χ1) is 14.5. The minimum Gasteiger partial charge on any atom is -0.481 e. The summed E-state index contributed by atoms with van der Waals surface area (Å²) < 4.78 is 0. The zero-order chi connectivity index (χ0) is 22.7. The van der Waals surface area contributed by atoms with Gasteiger partial charge in [-0.3, -0.25) is 9.59 Å². The molecule has 0 amide bonds. The molecule has 0 aromatic rings. The number of aliphatic carboxylic acids is 2. The maximum Gasteiger partial charge on any atom is 0.310 e. The Kier molecular flexibility index (Phi) is 18.0. The summed E-state index contributed by atoms with van der Waals surface area (Å²) in [4.78, 5) is 24.2. The Balaban J connectivity index is 4.52. The lowest BCUT2D eigenvalue weighted by atomic mass is 9.68. The van der Waals surface area contributed by atoms with Crippen LogP contribution in [0.2, 0.25) is 0 Å². The van der Waals surface area contributed by atoms with Crippen molar-refractivity contribution in [3.8, 4) is 0 Å². The molecule has 0 aliphatic heterocycles. The molecule has 4 heteroatoms. The molecular weight excluding hydrogens is 376 g/mol.